The van der Waals surface area contributed by atoms with Crippen molar-refractivity contribution in [1.82, 2.24) is 5.32 Å². The van der Waals surface area contributed by atoms with Crippen molar-refractivity contribution in [2.75, 3.05) is 13.7 Å². The molecule has 80 valence electrons. The van der Waals surface area contributed by atoms with Gasteiger partial charge in [-0.2, -0.15) is 0 Å². The fraction of sp³-hybridized carbons (Fsp3) is 0.385. The third kappa shape index (κ3) is 2.52. The van der Waals surface area contributed by atoms with Gasteiger partial charge in [0, 0.05) is 17.8 Å². The van der Waals surface area contributed by atoms with Crippen molar-refractivity contribution in [2.24, 2.45) is 0 Å². The van der Waals surface area contributed by atoms with Crippen LogP contribution in [0.4, 0.5) is 0 Å². The standard InChI is InChI=1S/C13H17NO/c1-15-13-8-3-2-6-11(13)10-12-7-4-5-9-14-12/h2-3,6,8,10,14H,4-5,7,9H2,1H3. The largest absolute Gasteiger partial charge is 0.496 e. The molecule has 1 aliphatic rings. The number of nitrogens with one attached hydrogen (secondary N) is 1. The van der Waals surface area contributed by atoms with Crippen LogP contribution in [0.2, 0.25) is 0 Å². The Labute approximate surface area is 91.0 Å². The van der Waals surface area contributed by atoms with Crippen LogP contribution in [-0.2, 0) is 0 Å². The van der Waals surface area contributed by atoms with Crippen molar-refractivity contribution < 1.29 is 4.74 Å². The average Bonchev–Trinajstić information content (AvgIpc) is 2.31. The van der Waals surface area contributed by atoms with Crippen LogP contribution < -0.4 is 10.1 Å². The van der Waals surface area contributed by atoms with Gasteiger partial charge in [-0.3, -0.25) is 0 Å². The molecule has 0 atom stereocenters. The van der Waals surface area contributed by atoms with E-state index in [4.69, 9.17) is 4.74 Å². The summed E-state index contributed by atoms with van der Waals surface area (Å²) in [5.74, 6) is 0.942. The molecule has 1 heterocycles. The second-order valence-corrected chi connectivity index (χ2v) is 3.80. The predicted octanol–water partition coefficient (Wildman–Crippen LogP) is 2.81. The van der Waals surface area contributed by atoms with Gasteiger partial charge >= 0.3 is 0 Å². The third-order valence-corrected chi connectivity index (χ3v) is 2.69. The number of benzene rings is 1. The first-order valence-electron chi connectivity index (χ1n) is 5.47. The van der Waals surface area contributed by atoms with Crippen LogP contribution in [0.1, 0.15) is 24.8 Å². The molecule has 0 bridgehead atoms. The van der Waals surface area contributed by atoms with Gasteiger partial charge in [0.25, 0.3) is 0 Å². The fourth-order valence-corrected chi connectivity index (χ4v) is 1.87. The highest BCUT2D eigenvalue weighted by atomic mass is 16.5. The number of hydrogen-bond donors (Lipinski definition) is 1. The predicted molar refractivity (Wildman–Crippen MR) is 62.8 cm³/mol. The lowest BCUT2D eigenvalue weighted by molar-refractivity contribution is 0.413. The zero-order valence-corrected chi connectivity index (χ0v) is 9.12. The molecule has 0 radical (unpaired) electrons. The highest BCUT2D eigenvalue weighted by molar-refractivity contribution is 5.59. The first kappa shape index (κ1) is 10.1. The molecule has 0 aromatic heterocycles. The van der Waals surface area contributed by atoms with E-state index in [2.05, 4.69) is 17.5 Å². The molecule has 0 aliphatic carbocycles. The van der Waals surface area contributed by atoms with Crippen molar-refractivity contribution in [1.29, 1.82) is 0 Å². The van der Waals surface area contributed by atoms with Crippen molar-refractivity contribution in [3.8, 4) is 5.75 Å². The second kappa shape index (κ2) is 4.87. The van der Waals surface area contributed by atoms with E-state index in [1.165, 1.54) is 18.5 Å². The molecule has 0 unspecified atom stereocenters. The average molecular weight is 203 g/mol. The summed E-state index contributed by atoms with van der Waals surface area (Å²) in [5, 5.41) is 3.42. The fourth-order valence-electron chi connectivity index (χ4n) is 1.87. The number of hydrogen-bond acceptors (Lipinski definition) is 2. The van der Waals surface area contributed by atoms with Crippen LogP contribution >= 0.6 is 0 Å². The van der Waals surface area contributed by atoms with Gasteiger partial charge in [-0.15, -0.1) is 0 Å². The van der Waals surface area contributed by atoms with Gasteiger partial charge in [0.2, 0.25) is 0 Å². The lowest BCUT2D eigenvalue weighted by Crippen LogP contribution is -2.19. The van der Waals surface area contributed by atoms with E-state index in [0.29, 0.717) is 0 Å². The van der Waals surface area contributed by atoms with Crippen molar-refractivity contribution in [2.45, 2.75) is 19.3 Å². The molecule has 2 nitrogen and oxygen atoms in total. The van der Waals surface area contributed by atoms with E-state index in [-0.39, 0.29) is 0 Å². The van der Waals surface area contributed by atoms with E-state index in [1.54, 1.807) is 7.11 Å². The van der Waals surface area contributed by atoms with Crippen LogP contribution in [0.25, 0.3) is 6.08 Å². The number of methoxy groups -OCH3 is 1. The molecule has 1 N–H and O–H groups in total. The molecule has 1 saturated heterocycles. The molecule has 1 fully saturated rings. The summed E-state index contributed by atoms with van der Waals surface area (Å²) in [4.78, 5) is 0. The summed E-state index contributed by atoms with van der Waals surface area (Å²) in [6.07, 6.45) is 5.91. The van der Waals surface area contributed by atoms with E-state index in [1.807, 2.05) is 18.2 Å². The maximum Gasteiger partial charge on any atom is 0.126 e. The van der Waals surface area contributed by atoms with Crippen LogP contribution in [0, 0.1) is 0 Å². The summed E-state index contributed by atoms with van der Waals surface area (Å²) in [5.41, 5.74) is 2.48. The monoisotopic (exact) mass is 203 g/mol. The lowest BCUT2D eigenvalue weighted by atomic mass is 10.1. The van der Waals surface area contributed by atoms with Gasteiger partial charge in [0.15, 0.2) is 0 Å². The van der Waals surface area contributed by atoms with Gasteiger partial charge in [0.1, 0.15) is 5.75 Å². The van der Waals surface area contributed by atoms with Gasteiger partial charge in [-0.05, 0) is 31.4 Å². The Morgan fingerprint density at radius 2 is 2.13 bits per heavy atom. The molecular weight excluding hydrogens is 186 g/mol. The van der Waals surface area contributed by atoms with Crippen LogP contribution in [0.3, 0.4) is 0 Å². The number of rotatable bonds is 2. The number of allylic oxidation sites excluding steroid dienone is 1. The highest BCUT2D eigenvalue weighted by Gasteiger charge is 2.05. The maximum absolute atomic E-state index is 5.31. The van der Waals surface area contributed by atoms with Gasteiger partial charge in [-0.25, -0.2) is 0 Å². The first-order chi connectivity index (χ1) is 7.40. The van der Waals surface area contributed by atoms with Crippen LogP contribution in [0.5, 0.6) is 5.75 Å². The van der Waals surface area contributed by atoms with Crippen molar-refractivity contribution in [3.05, 3.63) is 35.5 Å². The number of para-hydroxylation sites is 1. The molecule has 1 aliphatic heterocycles. The topological polar surface area (TPSA) is 21.3 Å². The van der Waals surface area contributed by atoms with Crippen LogP contribution in [-0.4, -0.2) is 13.7 Å². The Kier molecular flexibility index (Phi) is 3.28. The first-order valence-corrected chi connectivity index (χ1v) is 5.47. The molecule has 1 aromatic carbocycles. The van der Waals surface area contributed by atoms with E-state index >= 15 is 0 Å². The third-order valence-electron chi connectivity index (χ3n) is 2.69. The molecule has 2 rings (SSSR count). The Morgan fingerprint density at radius 3 is 2.87 bits per heavy atom. The van der Waals surface area contributed by atoms with Gasteiger partial charge in [0.05, 0.1) is 7.11 Å². The zero-order valence-electron chi connectivity index (χ0n) is 9.12. The summed E-state index contributed by atoms with van der Waals surface area (Å²) in [7, 11) is 1.71. The van der Waals surface area contributed by atoms with E-state index in [9.17, 15) is 0 Å². The molecular formula is C13H17NO. The molecule has 0 amide bonds. The smallest absolute Gasteiger partial charge is 0.126 e. The summed E-state index contributed by atoms with van der Waals surface area (Å²) < 4.78 is 5.31. The van der Waals surface area contributed by atoms with Gasteiger partial charge < -0.3 is 10.1 Å². The minimum Gasteiger partial charge on any atom is -0.496 e. The van der Waals surface area contributed by atoms with E-state index < -0.39 is 0 Å². The highest BCUT2D eigenvalue weighted by Crippen LogP contribution is 2.22. The minimum absolute atomic E-state index is 0.942. The Hall–Kier alpha value is -1.44. The van der Waals surface area contributed by atoms with Crippen LogP contribution in [0.15, 0.2) is 30.0 Å². The molecule has 1 aromatic rings. The summed E-state index contributed by atoms with van der Waals surface area (Å²) in [6.45, 7) is 1.10. The molecule has 0 saturated carbocycles. The molecule has 0 spiro atoms. The molecule has 15 heavy (non-hydrogen) atoms. The second-order valence-electron chi connectivity index (χ2n) is 3.80. The number of piperidine rings is 1. The maximum atomic E-state index is 5.31. The van der Waals surface area contributed by atoms with Crippen molar-refractivity contribution >= 4 is 6.08 Å². The molecule has 2 heteroatoms. The lowest BCUT2D eigenvalue weighted by Gasteiger charge is -2.17. The van der Waals surface area contributed by atoms with E-state index in [0.717, 1.165) is 24.3 Å². The quantitative estimate of drug-likeness (QED) is 0.798. The normalized spacial score (nSPS) is 18.6. The zero-order chi connectivity index (χ0) is 10.5. The Bertz CT molecular complexity index is 349. The van der Waals surface area contributed by atoms with Crippen molar-refractivity contribution in [3.63, 3.8) is 0 Å². The minimum atomic E-state index is 0.942. The SMILES string of the molecule is COc1ccccc1C=C1CCCCN1. The Balaban J connectivity index is 2.21. The Morgan fingerprint density at radius 1 is 1.27 bits per heavy atom. The van der Waals surface area contributed by atoms with Gasteiger partial charge in [-0.1, -0.05) is 18.2 Å². The number of ether oxygens (including phenoxy) is 1. The summed E-state index contributed by atoms with van der Waals surface area (Å²) >= 11 is 0. The summed E-state index contributed by atoms with van der Waals surface area (Å²) in [6, 6.07) is 8.12.